The zero-order valence-electron chi connectivity index (χ0n) is 7.59. The van der Waals surface area contributed by atoms with Gasteiger partial charge >= 0.3 is 0 Å². The number of hydrogen-bond acceptors (Lipinski definition) is 1. The Morgan fingerprint density at radius 2 is 1.64 bits per heavy atom. The van der Waals surface area contributed by atoms with Crippen molar-refractivity contribution in [1.29, 1.82) is 0 Å². The molecule has 0 fully saturated rings. The Balaban J connectivity index is 2.33. The van der Waals surface area contributed by atoms with Crippen LogP contribution < -0.4 is 0 Å². The van der Waals surface area contributed by atoms with Crippen LogP contribution >= 0.6 is 11.6 Å². The standard InChI is InChI=1S/C12H9ClO/c13-12-2-1-8-3-10-6-14-7-11(10)4-9(8)5-12/h1-5H,6-7H2. The molecule has 0 unspecified atom stereocenters. The molecule has 1 nitrogen and oxygen atoms in total. The maximum atomic E-state index is 5.94. The summed E-state index contributed by atoms with van der Waals surface area (Å²) in [6, 6.07) is 10.3. The van der Waals surface area contributed by atoms with Crippen molar-refractivity contribution >= 4 is 22.4 Å². The fourth-order valence-corrected chi connectivity index (χ4v) is 2.08. The molecule has 1 aliphatic heterocycles. The molecule has 0 spiro atoms. The minimum absolute atomic E-state index is 0.734. The molecule has 0 amide bonds. The SMILES string of the molecule is Clc1ccc2cc3c(cc2c1)COC3. The molecular weight excluding hydrogens is 196 g/mol. The number of halogens is 1. The van der Waals surface area contributed by atoms with Gasteiger partial charge in [-0.3, -0.25) is 0 Å². The van der Waals surface area contributed by atoms with Gasteiger partial charge in [0.2, 0.25) is 0 Å². The zero-order chi connectivity index (χ0) is 9.54. The predicted octanol–water partition coefficient (Wildman–Crippen LogP) is 3.52. The first kappa shape index (κ1) is 8.27. The third-order valence-electron chi connectivity index (χ3n) is 2.64. The van der Waals surface area contributed by atoms with Crippen molar-refractivity contribution in [2.24, 2.45) is 0 Å². The van der Waals surface area contributed by atoms with Gasteiger partial charge in [-0.15, -0.1) is 0 Å². The van der Waals surface area contributed by atoms with Gasteiger partial charge in [0.1, 0.15) is 0 Å². The normalized spacial score (nSPS) is 14.6. The summed E-state index contributed by atoms with van der Waals surface area (Å²) in [6.45, 7) is 1.48. The van der Waals surface area contributed by atoms with Gasteiger partial charge in [0.15, 0.2) is 0 Å². The van der Waals surface area contributed by atoms with E-state index in [-0.39, 0.29) is 0 Å². The largest absolute Gasteiger partial charge is 0.372 e. The second kappa shape index (κ2) is 2.97. The van der Waals surface area contributed by atoms with E-state index >= 15 is 0 Å². The number of fused-ring (bicyclic) bond motifs is 2. The Bertz CT molecular complexity index is 505. The first-order valence-electron chi connectivity index (χ1n) is 4.62. The lowest BCUT2D eigenvalue weighted by Gasteiger charge is -2.02. The molecule has 0 bridgehead atoms. The molecule has 0 aliphatic carbocycles. The summed E-state index contributed by atoms with van der Waals surface area (Å²) in [5.41, 5.74) is 2.60. The maximum absolute atomic E-state index is 5.94. The molecule has 2 aromatic carbocycles. The molecule has 0 saturated carbocycles. The van der Waals surface area contributed by atoms with E-state index in [1.54, 1.807) is 0 Å². The first-order valence-corrected chi connectivity index (χ1v) is 4.99. The van der Waals surface area contributed by atoms with Crippen LogP contribution in [0, 0.1) is 0 Å². The average Bonchev–Trinajstić information content (AvgIpc) is 2.61. The second-order valence-corrected chi connectivity index (χ2v) is 4.04. The highest BCUT2D eigenvalue weighted by Gasteiger charge is 2.11. The van der Waals surface area contributed by atoms with E-state index in [2.05, 4.69) is 18.2 Å². The van der Waals surface area contributed by atoms with Crippen LogP contribution in [0.25, 0.3) is 10.8 Å². The molecule has 2 heteroatoms. The molecule has 0 atom stereocenters. The minimum atomic E-state index is 0.734. The summed E-state index contributed by atoms with van der Waals surface area (Å²) in [7, 11) is 0. The van der Waals surface area contributed by atoms with Crippen molar-refractivity contribution in [2.45, 2.75) is 13.2 Å². The van der Waals surface area contributed by atoms with Gasteiger partial charge in [0.25, 0.3) is 0 Å². The second-order valence-electron chi connectivity index (χ2n) is 3.61. The van der Waals surface area contributed by atoms with Crippen LogP contribution in [-0.2, 0) is 18.0 Å². The molecule has 70 valence electrons. The Kier molecular flexibility index (Phi) is 1.76. The summed E-state index contributed by atoms with van der Waals surface area (Å²) < 4.78 is 5.38. The van der Waals surface area contributed by atoms with Crippen molar-refractivity contribution in [2.75, 3.05) is 0 Å². The molecule has 1 heterocycles. The third-order valence-corrected chi connectivity index (χ3v) is 2.87. The van der Waals surface area contributed by atoms with Crippen LogP contribution in [-0.4, -0.2) is 0 Å². The van der Waals surface area contributed by atoms with Crippen molar-refractivity contribution in [3.05, 3.63) is 46.5 Å². The maximum Gasteiger partial charge on any atom is 0.0725 e. The first-order chi connectivity index (χ1) is 6.83. The van der Waals surface area contributed by atoms with Crippen LogP contribution in [0.1, 0.15) is 11.1 Å². The monoisotopic (exact) mass is 204 g/mol. The number of ether oxygens (including phenoxy) is 1. The van der Waals surface area contributed by atoms with Gasteiger partial charge in [-0.1, -0.05) is 17.7 Å². The van der Waals surface area contributed by atoms with E-state index in [1.165, 1.54) is 21.9 Å². The van der Waals surface area contributed by atoms with Crippen LogP contribution in [0.3, 0.4) is 0 Å². The molecule has 0 saturated heterocycles. The van der Waals surface area contributed by atoms with Crippen LogP contribution in [0.5, 0.6) is 0 Å². The highest BCUT2D eigenvalue weighted by molar-refractivity contribution is 6.31. The highest BCUT2D eigenvalue weighted by Crippen LogP contribution is 2.27. The fourth-order valence-electron chi connectivity index (χ4n) is 1.90. The van der Waals surface area contributed by atoms with Gasteiger partial charge < -0.3 is 4.74 Å². The lowest BCUT2D eigenvalue weighted by molar-refractivity contribution is 0.134. The van der Waals surface area contributed by atoms with E-state index < -0.39 is 0 Å². The summed E-state index contributed by atoms with van der Waals surface area (Å²) in [5.74, 6) is 0. The van der Waals surface area contributed by atoms with Crippen LogP contribution in [0.4, 0.5) is 0 Å². The number of benzene rings is 2. The van der Waals surface area contributed by atoms with Crippen molar-refractivity contribution in [3.8, 4) is 0 Å². The molecule has 14 heavy (non-hydrogen) atoms. The van der Waals surface area contributed by atoms with Crippen molar-refractivity contribution < 1.29 is 4.74 Å². The molecule has 1 aliphatic rings. The van der Waals surface area contributed by atoms with E-state index in [9.17, 15) is 0 Å². The van der Waals surface area contributed by atoms with Gasteiger partial charge in [0.05, 0.1) is 13.2 Å². The summed E-state index contributed by atoms with van der Waals surface area (Å²) >= 11 is 5.94. The van der Waals surface area contributed by atoms with Gasteiger partial charge in [0, 0.05) is 5.02 Å². The summed E-state index contributed by atoms with van der Waals surface area (Å²) in [5, 5.41) is 3.22. The average molecular weight is 205 g/mol. The summed E-state index contributed by atoms with van der Waals surface area (Å²) in [6.07, 6.45) is 0. The van der Waals surface area contributed by atoms with Gasteiger partial charge in [-0.05, 0) is 46.2 Å². The zero-order valence-corrected chi connectivity index (χ0v) is 8.34. The van der Waals surface area contributed by atoms with Crippen molar-refractivity contribution in [1.82, 2.24) is 0 Å². The van der Waals surface area contributed by atoms with Gasteiger partial charge in [-0.2, -0.15) is 0 Å². The Morgan fingerprint density at radius 3 is 2.43 bits per heavy atom. The molecular formula is C12H9ClO. The van der Waals surface area contributed by atoms with E-state index in [4.69, 9.17) is 16.3 Å². The summed E-state index contributed by atoms with van der Waals surface area (Å²) in [4.78, 5) is 0. The lowest BCUT2D eigenvalue weighted by Crippen LogP contribution is -1.82. The van der Waals surface area contributed by atoms with E-state index in [0.717, 1.165) is 18.2 Å². The minimum Gasteiger partial charge on any atom is -0.372 e. The molecule has 0 aromatic heterocycles. The predicted molar refractivity (Wildman–Crippen MR) is 57.5 cm³/mol. The molecule has 2 aromatic rings. The van der Waals surface area contributed by atoms with Crippen LogP contribution in [0.15, 0.2) is 30.3 Å². The smallest absolute Gasteiger partial charge is 0.0725 e. The highest BCUT2D eigenvalue weighted by atomic mass is 35.5. The fraction of sp³-hybridized carbons (Fsp3) is 0.167. The Labute approximate surface area is 87.3 Å². The molecule has 3 rings (SSSR count). The quantitative estimate of drug-likeness (QED) is 0.638. The van der Waals surface area contributed by atoms with E-state index in [1.807, 2.05) is 12.1 Å². The topological polar surface area (TPSA) is 9.23 Å². The van der Waals surface area contributed by atoms with Gasteiger partial charge in [-0.25, -0.2) is 0 Å². The third kappa shape index (κ3) is 1.21. The van der Waals surface area contributed by atoms with Crippen LogP contribution in [0.2, 0.25) is 5.02 Å². The number of hydrogen-bond donors (Lipinski definition) is 0. The Hall–Kier alpha value is -1.05. The Morgan fingerprint density at radius 1 is 0.929 bits per heavy atom. The van der Waals surface area contributed by atoms with Crippen molar-refractivity contribution in [3.63, 3.8) is 0 Å². The molecule has 0 N–H and O–H groups in total. The number of rotatable bonds is 0. The molecule has 0 radical (unpaired) electrons. The lowest BCUT2D eigenvalue weighted by atomic mass is 10.0. The van der Waals surface area contributed by atoms with E-state index in [0.29, 0.717) is 0 Å².